The number of carbonyl (C=O) groups excluding carboxylic acids is 1. The molecule has 0 saturated carbocycles. The number of nitrogens with two attached hydrogens (primary N) is 3. The minimum Gasteiger partial charge on any atom is -0.370 e. The predicted octanol–water partition coefficient (Wildman–Crippen LogP) is 0.568. The van der Waals surface area contributed by atoms with Crippen LogP contribution in [0.25, 0.3) is 10.8 Å². The fourth-order valence-corrected chi connectivity index (χ4v) is 1.65. The molecule has 0 fully saturated rings. The lowest BCUT2D eigenvalue weighted by Gasteiger charge is -2.00. The highest BCUT2D eigenvalue weighted by atomic mass is 16.1. The summed E-state index contributed by atoms with van der Waals surface area (Å²) in [6.45, 7) is 0. The number of aliphatic imine (C=N–C) groups is 2. The lowest BCUT2D eigenvalue weighted by atomic mass is 10.1. The zero-order valence-corrected chi connectivity index (χ0v) is 10.1. The van der Waals surface area contributed by atoms with E-state index < -0.39 is 5.91 Å². The molecule has 0 atom stereocenters. The maximum absolute atomic E-state index is 11.9. The monoisotopic (exact) mass is 255 g/mol. The van der Waals surface area contributed by atoms with Gasteiger partial charge in [0.15, 0.2) is 5.96 Å². The van der Waals surface area contributed by atoms with Gasteiger partial charge in [-0.05, 0) is 22.9 Å². The average Bonchev–Trinajstić information content (AvgIpc) is 2.37. The van der Waals surface area contributed by atoms with Crippen LogP contribution in [0.15, 0.2) is 52.4 Å². The molecule has 6 N–H and O–H groups in total. The van der Waals surface area contributed by atoms with E-state index in [0.29, 0.717) is 5.56 Å². The predicted molar refractivity (Wildman–Crippen MR) is 75.7 cm³/mol. The van der Waals surface area contributed by atoms with E-state index in [1.54, 1.807) is 12.1 Å². The average molecular weight is 255 g/mol. The van der Waals surface area contributed by atoms with E-state index in [4.69, 9.17) is 17.2 Å². The van der Waals surface area contributed by atoms with Gasteiger partial charge in [-0.15, -0.1) is 0 Å². The Morgan fingerprint density at radius 1 is 0.895 bits per heavy atom. The van der Waals surface area contributed by atoms with Gasteiger partial charge in [-0.1, -0.05) is 30.3 Å². The van der Waals surface area contributed by atoms with Gasteiger partial charge in [0.1, 0.15) is 0 Å². The minimum atomic E-state index is -0.492. The van der Waals surface area contributed by atoms with Crippen LogP contribution >= 0.6 is 0 Å². The largest absolute Gasteiger partial charge is 0.370 e. The van der Waals surface area contributed by atoms with Gasteiger partial charge in [-0.3, -0.25) is 4.79 Å². The molecule has 0 aliphatic carbocycles. The van der Waals surface area contributed by atoms with E-state index in [0.717, 1.165) is 10.8 Å². The Balaban J connectivity index is 2.34. The Hall–Kier alpha value is -2.89. The van der Waals surface area contributed by atoms with Crippen LogP contribution in [0.3, 0.4) is 0 Å². The summed E-state index contributed by atoms with van der Waals surface area (Å²) in [6.07, 6.45) is 0. The number of carbonyl (C=O) groups is 1. The van der Waals surface area contributed by atoms with Gasteiger partial charge in [0, 0.05) is 5.56 Å². The van der Waals surface area contributed by atoms with Crippen molar-refractivity contribution in [3.8, 4) is 0 Å². The highest BCUT2D eigenvalue weighted by Crippen LogP contribution is 2.16. The van der Waals surface area contributed by atoms with Gasteiger partial charge in [0.05, 0.1) is 0 Å². The van der Waals surface area contributed by atoms with Crippen LogP contribution in [-0.2, 0) is 0 Å². The van der Waals surface area contributed by atoms with Crippen molar-refractivity contribution in [1.29, 1.82) is 0 Å². The molecule has 96 valence electrons. The molecule has 2 aromatic rings. The fraction of sp³-hybridized carbons (Fsp3) is 0. The third-order valence-corrected chi connectivity index (χ3v) is 2.46. The Labute approximate surface area is 109 Å². The van der Waals surface area contributed by atoms with Crippen molar-refractivity contribution in [2.75, 3.05) is 0 Å². The molecule has 2 aromatic carbocycles. The molecule has 0 radical (unpaired) electrons. The SMILES string of the molecule is NC(N)=NC(N)=NC(=O)c1ccc2ccccc2c1. The van der Waals surface area contributed by atoms with Crippen molar-refractivity contribution in [3.63, 3.8) is 0 Å². The quantitative estimate of drug-likeness (QED) is 0.509. The van der Waals surface area contributed by atoms with Gasteiger partial charge < -0.3 is 17.2 Å². The molecule has 0 aliphatic rings. The van der Waals surface area contributed by atoms with Crippen molar-refractivity contribution in [2.24, 2.45) is 27.2 Å². The number of benzene rings is 2. The van der Waals surface area contributed by atoms with Crippen LogP contribution in [0.1, 0.15) is 10.4 Å². The number of guanidine groups is 2. The van der Waals surface area contributed by atoms with E-state index in [-0.39, 0.29) is 11.9 Å². The highest BCUT2D eigenvalue weighted by Gasteiger charge is 2.06. The van der Waals surface area contributed by atoms with Crippen LogP contribution in [0.2, 0.25) is 0 Å². The van der Waals surface area contributed by atoms with E-state index in [9.17, 15) is 4.79 Å². The molecule has 0 unspecified atom stereocenters. The second kappa shape index (κ2) is 5.18. The Kier molecular flexibility index (Phi) is 3.42. The van der Waals surface area contributed by atoms with Crippen molar-refractivity contribution >= 4 is 28.6 Å². The van der Waals surface area contributed by atoms with Crippen LogP contribution in [-0.4, -0.2) is 17.8 Å². The van der Waals surface area contributed by atoms with Crippen molar-refractivity contribution in [2.45, 2.75) is 0 Å². The van der Waals surface area contributed by atoms with Crippen molar-refractivity contribution in [1.82, 2.24) is 0 Å². The Morgan fingerprint density at radius 3 is 2.26 bits per heavy atom. The van der Waals surface area contributed by atoms with Crippen molar-refractivity contribution < 1.29 is 4.79 Å². The molecule has 0 heterocycles. The summed E-state index contributed by atoms with van der Waals surface area (Å²) in [5.41, 5.74) is 16.1. The summed E-state index contributed by atoms with van der Waals surface area (Å²) in [6, 6.07) is 13.0. The molecule has 0 saturated heterocycles. The third kappa shape index (κ3) is 3.06. The first-order chi connectivity index (χ1) is 9.06. The van der Waals surface area contributed by atoms with Crippen LogP contribution in [0.5, 0.6) is 0 Å². The molecular weight excluding hydrogens is 242 g/mol. The van der Waals surface area contributed by atoms with Gasteiger partial charge in [0.25, 0.3) is 5.91 Å². The zero-order valence-electron chi connectivity index (χ0n) is 10.1. The van der Waals surface area contributed by atoms with E-state index in [1.165, 1.54) is 0 Å². The Bertz CT molecular complexity index is 686. The summed E-state index contributed by atoms with van der Waals surface area (Å²) >= 11 is 0. The number of rotatable bonds is 1. The summed E-state index contributed by atoms with van der Waals surface area (Å²) in [7, 11) is 0. The number of amides is 1. The molecular formula is C13H13N5O. The second-order valence-electron chi connectivity index (χ2n) is 3.87. The fourth-order valence-electron chi connectivity index (χ4n) is 1.65. The molecule has 1 amide bonds. The number of hydrogen-bond donors (Lipinski definition) is 3. The highest BCUT2D eigenvalue weighted by molar-refractivity contribution is 6.06. The molecule has 0 spiro atoms. The van der Waals surface area contributed by atoms with Crippen LogP contribution < -0.4 is 17.2 Å². The zero-order chi connectivity index (χ0) is 13.8. The summed E-state index contributed by atoms with van der Waals surface area (Å²) in [4.78, 5) is 18.9. The molecule has 6 nitrogen and oxygen atoms in total. The lowest BCUT2D eigenvalue weighted by Crippen LogP contribution is -2.26. The maximum Gasteiger partial charge on any atom is 0.280 e. The normalized spacial score (nSPS) is 11.3. The van der Waals surface area contributed by atoms with Crippen LogP contribution in [0.4, 0.5) is 0 Å². The summed E-state index contributed by atoms with van der Waals surface area (Å²) < 4.78 is 0. The smallest absolute Gasteiger partial charge is 0.280 e. The van der Waals surface area contributed by atoms with Crippen LogP contribution in [0, 0.1) is 0 Å². The van der Waals surface area contributed by atoms with Gasteiger partial charge in [0.2, 0.25) is 5.96 Å². The first-order valence-electron chi connectivity index (χ1n) is 5.53. The van der Waals surface area contributed by atoms with Gasteiger partial charge in [-0.25, -0.2) is 0 Å². The number of fused-ring (bicyclic) bond motifs is 1. The molecule has 6 heteroatoms. The number of hydrogen-bond acceptors (Lipinski definition) is 1. The standard InChI is InChI=1S/C13H13N5O/c14-12(15)18-13(16)17-11(19)10-6-5-8-3-1-2-4-9(8)7-10/h1-7H,(H6,14,15,16,17,18,19). The number of nitrogens with zero attached hydrogens (tertiary/aromatic N) is 2. The minimum absolute atomic E-state index is 0.243. The maximum atomic E-state index is 11.9. The van der Waals surface area contributed by atoms with Gasteiger partial charge in [-0.2, -0.15) is 9.98 Å². The summed E-state index contributed by atoms with van der Waals surface area (Å²) in [5, 5.41) is 1.99. The van der Waals surface area contributed by atoms with E-state index >= 15 is 0 Å². The van der Waals surface area contributed by atoms with E-state index in [2.05, 4.69) is 9.98 Å². The first kappa shape index (κ1) is 12.6. The van der Waals surface area contributed by atoms with Gasteiger partial charge >= 0.3 is 0 Å². The third-order valence-electron chi connectivity index (χ3n) is 2.46. The van der Waals surface area contributed by atoms with Crippen molar-refractivity contribution in [3.05, 3.63) is 48.0 Å². The first-order valence-corrected chi connectivity index (χ1v) is 5.53. The molecule has 0 bridgehead atoms. The molecule has 2 rings (SSSR count). The molecule has 0 aromatic heterocycles. The molecule has 19 heavy (non-hydrogen) atoms. The lowest BCUT2D eigenvalue weighted by molar-refractivity contribution is 0.100. The molecule has 0 aliphatic heterocycles. The Morgan fingerprint density at radius 2 is 1.58 bits per heavy atom. The topological polar surface area (TPSA) is 120 Å². The van der Waals surface area contributed by atoms with E-state index in [1.807, 2.05) is 30.3 Å². The second-order valence-corrected chi connectivity index (χ2v) is 3.87. The summed E-state index contributed by atoms with van der Waals surface area (Å²) in [5.74, 6) is -1.00.